The summed E-state index contributed by atoms with van der Waals surface area (Å²) < 4.78 is 8.67. The molecular formula is C39H32N4OS. The molecule has 0 aliphatic carbocycles. The van der Waals surface area contributed by atoms with Gasteiger partial charge in [-0.25, -0.2) is 15.0 Å². The third-order valence-electron chi connectivity index (χ3n) is 8.40. The summed E-state index contributed by atoms with van der Waals surface area (Å²) in [5.41, 5.74) is 7.60. The molecule has 0 radical (unpaired) electrons. The predicted octanol–water partition coefficient (Wildman–Crippen LogP) is 10.5. The van der Waals surface area contributed by atoms with Crippen LogP contribution in [0.3, 0.4) is 0 Å². The quantitative estimate of drug-likeness (QED) is 0.196. The van der Waals surface area contributed by atoms with Gasteiger partial charge in [0.1, 0.15) is 11.4 Å². The maximum atomic E-state index is 6.26. The van der Waals surface area contributed by atoms with Crippen molar-refractivity contribution in [3.05, 3.63) is 120 Å². The Balaban J connectivity index is 1.20. The summed E-state index contributed by atoms with van der Waals surface area (Å²) in [5, 5.41) is 3.17. The van der Waals surface area contributed by atoms with E-state index in [2.05, 4.69) is 94.4 Å². The van der Waals surface area contributed by atoms with Crippen molar-refractivity contribution in [2.75, 3.05) is 0 Å². The SMILES string of the molecule is CC(Cc1cccc(-c2nc(C(C)(C)C)c3sc4ccccc4c3n2)c1)c1nc(-c2ccccc2)c2c(n1)oc1ccccc12. The standard InChI is InChI=1S/C39H32N4OS/c1-23(36-40-32(25-14-6-5-7-15-25)31-27-17-8-10-19-29(27)44-38(31)43-36)21-24-13-12-16-26(22-24)37-41-33-28-18-9-11-20-30(28)45-34(33)35(42-37)39(2,3)4/h5-20,22-23H,21H2,1-4H3. The van der Waals surface area contributed by atoms with Crippen LogP contribution in [0.1, 0.15) is 50.7 Å². The first-order valence-corrected chi connectivity index (χ1v) is 16.2. The number of para-hydroxylation sites is 1. The lowest BCUT2D eigenvalue weighted by atomic mass is 9.91. The lowest BCUT2D eigenvalue weighted by molar-refractivity contribution is 0.576. The Morgan fingerprint density at radius 2 is 1.47 bits per heavy atom. The molecule has 0 bridgehead atoms. The highest BCUT2D eigenvalue weighted by atomic mass is 32.1. The second-order valence-electron chi connectivity index (χ2n) is 12.8. The fraction of sp³-hybridized carbons (Fsp3) is 0.179. The number of hydrogen-bond donors (Lipinski definition) is 0. The first-order chi connectivity index (χ1) is 21.8. The van der Waals surface area contributed by atoms with Crippen LogP contribution >= 0.6 is 11.3 Å². The van der Waals surface area contributed by atoms with Gasteiger partial charge in [0.15, 0.2) is 5.82 Å². The van der Waals surface area contributed by atoms with E-state index in [1.54, 1.807) is 11.3 Å². The van der Waals surface area contributed by atoms with E-state index < -0.39 is 0 Å². The van der Waals surface area contributed by atoms with E-state index in [-0.39, 0.29) is 11.3 Å². The van der Waals surface area contributed by atoms with Gasteiger partial charge >= 0.3 is 0 Å². The van der Waals surface area contributed by atoms with Gasteiger partial charge in [0.05, 0.1) is 27.0 Å². The van der Waals surface area contributed by atoms with E-state index in [0.29, 0.717) is 5.71 Å². The van der Waals surface area contributed by atoms with E-state index >= 15 is 0 Å². The fourth-order valence-corrected chi connectivity index (χ4v) is 7.52. The van der Waals surface area contributed by atoms with Crippen LogP contribution < -0.4 is 0 Å². The third kappa shape index (κ3) is 4.86. The highest BCUT2D eigenvalue weighted by Gasteiger charge is 2.24. The molecule has 0 aliphatic rings. The maximum absolute atomic E-state index is 6.26. The van der Waals surface area contributed by atoms with Crippen molar-refractivity contribution in [3.8, 4) is 22.6 Å². The minimum Gasteiger partial charge on any atom is -0.438 e. The van der Waals surface area contributed by atoms with Crippen molar-refractivity contribution in [2.24, 2.45) is 0 Å². The topological polar surface area (TPSA) is 64.7 Å². The summed E-state index contributed by atoms with van der Waals surface area (Å²) in [5.74, 6) is 1.58. The van der Waals surface area contributed by atoms with E-state index in [9.17, 15) is 0 Å². The Bertz CT molecular complexity index is 2370. The average molecular weight is 605 g/mol. The summed E-state index contributed by atoms with van der Waals surface area (Å²) >= 11 is 1.78. The number of benzene rings is 4. The molecule has 220 valence electrons. The van der Waals surface area contributed by atoms with E-state index in [1.807, 2.05) is 36.4 Å². The van der Waals surface area contributed by atoms with Gasteiger partial charge < -0.3 is 4.42 Å². The zero-order chi connectivity index (χ0) is 30.7. The van der Waals surface area contributed by atoms with Crippen LogP contribution in [0, 0.1) is 0 Å². The van der Waals surface area contributed by atoms with Crippen LogP contribution in [0.15, 0.2) is 108 Å². The summed E-state index contributed by atoms with van der Waals surface area (Å²) in [4.78, 5) is 20.5. The number of rotatable bonds is 5. The van der Waals surface area contributed by atoms with Crippen LogP contribution in [-0.2, 0) is 11.8 Å². The van der Waals surface area contributed by atoms with Gasteiger partial charge in [-0.05, 0) is 30.2 Å². The summed E-state index contributed by atoms with van der Waals surface area (Å²) in [6, 6.07) is 35.5. The minimum absolute atomic E-state index is 0.0506. The molecule has 45 heavy (non-hydrogen) atoms. The molecule has 0 amide bonds. The molecule has 4 aromatic carbocycles. The van der Waals surface area contributed by atoms with Crippen molar-refractivity contribution >= 4 is 53.7 Å². The van der Waals surface area contributed by atoms with Gasteiger partial charge in [0, 0.05) is 37.9 Å². The molecule has 0 saturated carbocycles. The summed E-state index contributed by atoms with van der Waals surface area (Å²) in [6.07, 6.45) is 0.767. The van der Waals surface area contributed by atoms with Crippen LogP contribution in [0.25, 0.3) is 65.0 Å². The second kappa shape index (κ2) is 10.6. The van der Waals surface area contributed by atoms with Crippen molar-refractivity contribution in [1.29, 1.82) is 0 Å². The van der Waals surface area contributed by atoms with Crippen molar-refractivity contribution in [1.82, 2.24) is 19.9 Å². The third-order valence-corrected chi connectivity index (χ3v) is 9.57. The number of nitrogens with zero attached hydrogens (tertiary/aromatic N) is 4. The molecule has 4 heterocycles. The number of aromatic nitrogens is 4. The lowest BCUT2D eigenvalue weighted by Crippen LogP contribution is -2.14. The molecule has 0 spiro atoms. The fourth-order valence-electron chi connectivity index (χ4n) is 6.18. The predicted molar refractivity (Wildman–Crippen MR) is 186 cm³/mol. The van der Waals surface area contributed by atoms with Gasteiger partial charge in [0.25, 0.3) is 0 Å². The summed E-state index contributed by atoms with van der Waals surface area (Å²) in [7, 11) is 0. The smallest absolute Gasteiger partial charge is 0.231 e. The Hall–Kier alpha value is -4.94. The van der Waals surface area contributed by atoms with Crippen LogP contribution in [-0.4, -0.2) is 19.9 Å². The van der Waals surface area contributed by atoms with E-state index in [1.165, 1.54) is 20.3 Å². The van der Waals surface area contributed by atoms with Crippen molar-refractivity contribution < 1.29 is 4.42 Å². The Kier molecular flexibility index (Phi) is 6.50. The molecule has 4 aromatic heterocycles. The molecule has 0 N–H and O–H groups in total. The normalized spacial score (nSPS) is 12.9. The number of thiophene rings is 1. The van der Waals surface area contributed by atoms with Gasteiger partial charge in [0.2, 0.25) is 5.71 Å². The first-order valence-electron chi connectivity index (χ1n) is 15.4. The van der Waals surface area contributed by atoms with Gasteiger partial charge in [-0.2, -0.15) is 4.98 Å². The molecule has 0 aliphatic heterocycles. The molecule has 0 saturated heterocycles. The lowest BCUT2D eigenvalue weighted by Gasteiger charge is -2.19. The zero-order valence-electron chi connectivity index (χ0n) is 25.7. The highest BCUT2D eigenvalue weighted by Crippen LogP contribution is 2.40. The zero-order valence-corrected chi connectivity index (χ0v) is 26.5. The number of furan rings is 1. The Labute approximate surface area is 265 Å². The first kappa shape index (κ1) is 27.6. The monoisotopic (exact) mass is 604 g/mol. The molecule has 5 nitrogen and oxygen atoms in total. The van der Waals surface area contributed by atoms with E-state index in [4.69, 9.17) is 24.4 Å². The van der Waals surface area contributed by atoms with Crippen molar-refractivity contribution in [3.63, 3.8) is 0 Å². The summed E-state index contributed by atoms with van der Waals surface area (Å²) in [6.45, 7) is 8.86. The largest absolute Gasteiger partial charge is 0.438 e. The minimum atomic E-state index is -0.119. The molecular weight excluding hydrogens is 573 g/mol. The average Bonchev–Trinajstić information content (AvgIpc) is 3.62. The number of hydrogen-bond acceptors (Lipinski definition) is 6. The maximum Gasteiger partial charge on any atom is 0.231 e. The highest BCUT2D eigenvalue weighted by molar-refractivity contribution is 7.25. The Morgan fingerprint density at radius 3 is 2.29 bits per heavy atom. The van der Waals surface area contributed by atoms with E-state index in [0.717, 1.165) is 62.5 Å². The van der Waals surface area contributed by atoms with Gasteiger partial charge in [-0.3, -0.25) is 0 Å². The molecule has 8 aromatic rings. The van der Waals surface area contributed by atoms with Gasteiger partial charge in [-0.1, -0.05) is 113 Å². The number of fused-ring (bicyclic) bond motifs is 6. The van der Waals surface area contributed by atoms with Crippen molar-refractivity contribution in [2.45, 2.75) is 45.4 Å². The van der Waals surface area contributed by atoms with Crippen LogP contribution in [0.4, 0.5) is 0 Å². The van der Waals surface area contributed by atoms with Gasteiger partial charge in [-0.15, -0.1) is 11.3 Å². The molecule has 6 heteroatoms. The second-order valence-corrected chi connectivity index (χ2v) is 13.9. The Morgan fingerprint density at radius 1 is 0.733 bits per heavy atom. The molecule has 1 unspecified atom stereocenters. The molecule has 8 rings (SSSR count). The molecule has 0 fully saturated rings. The van der Waals surface area contributed by atoms with Crippen LogP contribution in [0.2, 0.25) is 0 Å². The molecule has 1 atom stereocenters. The van der Waals surface area contributed by atoms with Crippen LogP contribution in [0.5, 0.6) is 0 Å².